The molecule has 1 aromatic rings. The van der Waals surface area contributed by atoms with Crippen LogP contribution in [0.1, 0.15) is 45.4 Å². The molecule has 1 saturated carbocycles. The van der Waals surface area contributed by atoms with E-state index < -0.39 is 15.8 Å². The van der Waals surface area contributed by atoms with Gasteiger partial charge in [-0.15, -0.1) is 0 Å². The van der Waals surface area contributed by atoms with Crippen LogP contribution in [0, 0.1) is 11.7 Å². The molecule has 0 bridgehead atoms. The van der Waals surface area contributed by atoms with E-state index in [1.165, 1.54) is 18.6 Å². The molecule has 3 N–H and O–H groups in total. The number of anilines is 1. The monoisotopic (exact) mass is 314 g/mol. The van der Waals surface area contributed by atoms with E-state index in [4.69, 9.17) is 5.73 Å². The van der Waals surface area contributed by atoms with Crippen molar-refractivity contribution in [1.82, 2.24) is 4.72 Å². The van der Waals surface area contributed by atoms with Gasteiger partial charge in [0.2, 0.25) is 10.0 Å². The van der Waals surface area contributed by atoms with Gasteiger partial charge in [0, 0.05) is 11.7 Å². The fourth-order valence-corrected chi connectivity index (χ4v) is 4.36. The summed E-state index contributed by atoms with van der Waals surface area (Å²) in [6, 6.07) is 3.55. The first-order valence-corrected chi connectivity index (χ1v) is 8.98. The average Bonchev–Trinajstić information content (AvgIpc) is 2.40. The van der Waals surface area contributed by atoms with Crippen molar-refractivity contribution >= 4 is 15.7 Å². The Labute approximate surface area is 126 Å². The summed E-state index contributed by atoms with van der Waals surface area (Å²) in [6.45, 7) is 2.17. The van der Waals surface area contributed by atoms with Crippen LogP contribution in [0.4, 0.5) is 10.1 Å². The lowest BCUT2D eigenvalue weighted by Crippen LogP contribution is -2.37. The number of benzene rings is 1. The van der Waals surface area contributed by atoms with E-state index in [2.05, 4.69) is 11.6 Å². The van der Waals surface area contributed by atoms with E-state index >= 15 is 0 Å². The minimum Gasteiger partial charge on any atom is -0.399 e. The molecule has 0 unspecified atom stereocenters. The van der Waals surface area contributed by atoms with E-state index in [0.717, 1.165) is 38.2 Å². The van der Waals surface area contributed by atoms with Crippen LogP contribution in [-0.2, 0) is 10.0 Å². The highest BCUT2D eigenvalue weighted by Crippen LogP contribution is 2.29. The molecule has 0 heterocycles. The highest BCUT2D eigenvalue weighted by atomic mass is 32.2. The van der Waals surface area contributed by atoms with Crippen LogP contribution in [0.15, 0.2) is 23.1 Å². The predicted octanol–water partition coefficient (Wildman–Crippen LogP) is 3.05. The van der Waals surface area contributed by atoms with Crippen LogP contribution < -0.4 is 10.5 Å². The van der Waals surface area contributed by atoms with Crippen molar-refractivity contribution in [1.29, 1.82) is 0 Å². The Morgan fingerprint density at radius 3 is 2.52 bits per heavy atom. The number of nitrogens with two attached hydrogens (primary N) is 1. The largest absolute Gasteiger partial charge is 0.399 e. The number of hydrogen-bond donors (Lipinski definition) is 2. The second-order valence-electron chi connectivity index (χ2n) is 5.82. The minimum absolute atomic E-state index is 0.0972. The van der Waals surface area contributed by atoms with Gasteiger partial charge in [-0.05, 0) is 49.8 Å². The topological polar surface area (TPSA) is 72.2 Å². The smallest absolute Gasteiger partial charge is 0.243 e. The third kappa shape index (κ3) is 4.17. The van der Waals surface area contributed by atoms with Gasteiger partial charge in [-0.3, -0.25) is 0 Å². The van der Waals surface area contributed by atoms with Gasteiger partial charge in [-0.2, -0.15) is 0 Å². The molecule has 1 aliphatic carbocycles. The van der Waals surface area contributed by atoms with Crippen LogP contribution in [0.3, 0.4) is 0 Å². The van der Waals surface area contributed by atoms with Crippen LogP contribution in [0.25, 0.3) is 0 Å². The van der Waals surface area contributed by atoms with Crippen molar-refractivity contribution in [3.05, 3.63) is 24.0 Å². The molecule has 0 atom stereocenters. The molecule has 0 saturated heterocycles. The van der Waals surface area contributed by atoms with Gasteiger partial charge in [0.15, 0.2) is 0 Å². The van der Waals surface area contributed by atoms with E-state index in [0.29, 0.717) is 5.92 Å². The number of halogens is 1. The van der Waals surface area contributed by atoms with Crippen molar-refractivity contribution in [3.63, 3.8) is 0 Å². The fraction of sp³-hybridized carbons (Fsp3) is 0.600. The zero-order chi connectivity index (χ0) is 15.5. The summed E-state index contributed by atoms with van der Waals surface area (Å²) < 4.78 is 40.9. The van der Waals surface area contributed by atoms with Gasteiger partial charge in [-0.1, -0.05) is 19.8 Å². The van der Waals surface area contributed by atoms with Crippen LogP contribution >= 0.6 is 0 Å². The first-order chi connectivity index (χ1) is 9.92. The van der Waals surface area contributed by atoms with Crippen molar-refractivity contribution < 1.29 is 12.8 Å². The molecule has 1 fully saturated rings. The molecular formula is C15H23FN2O2S. The van der Waals surface area contributed by atoms with Crippen molar-refractivity contribution in [2.75, 3.05) is 5.73 Å². The van der Waals surface area contributed by atoms with Crippen molar-refractivity contribution in [2.24, 2.45) is 5.92 Å². The number of hydrogen-bond acceptors (Lipinski definition) is 3. The third-order valence-electron chi connectivity index (χ3n) is 4.11. The Bertz CT molecular complexity index is 581. The summed E-state index contributed by atoms with van der Waals surface area (Å²) in [4.78, 5) is -0.326. The van der Waals surface area contributed by atoms with Crippen LogP contribution in [-0.4, -0.2) is 14.5 Å². The molecule has 0 aromatic heterocycles. The third-order valence-corrected chi connectivity index (χ3v) is 5.66. The Morgan fingerprint density at radius 2 is 1.95 bits per heavy atom. The lowest BCUT2D eigenvalue weighted by atomic mass is 9.84. The highest BCUT2D eigenvalue weighted by Gasteiger charge is 2.27. The summed E-state index contributed by atoms with van der Waals surface area (Å²) in [6.07, 6.45) is 6.07. The maximum atomic E-state index is 13.8. The van der Waals surface area contributed by atoms with Crippen LogP contribution in [0.2, 0.25) is 0 Å². The van der Waals surface area contributed by atoms with Gasteiger partial charge in [0.25, 0.3) is 0 Å². The number of nitrogen functional groups attached to an aromatic ring is 1. The lowest BCUT2D eigenvalue weighted by Gasteiger charge is -2.28. The Balaban J connectivity index is 2.02. The normalized spacial score (nSPS) is 23.1. The van der Waals surface area contributed by atoms with E-state index in [9.17, 15) is 12.8 Å². The Hall–Kier alpha value is -1.14. The van der Waals surface area contributed by atoms with Gasteiger partial charge >= 0.3 is 0 Å². The molecule has 0 aliphatic heterocycles. The van der Waals surface area contributed by atoms with E-state index in [-0.39, 0.29) is 16.6 Å². The van der Waals surface area contributed by atoms with E-state index in [1.807, 2.05) is 0 Å². The van der Waals surface area contributed by atoms with Crippen LogP contribution in [0.5, 0.6) is 0 Å². The molecule has 4 nitrogen and oxygen atoms in total. The maximum absolute atomic E-state index is 13.8. The summed E-state index contributed by atoms with van der Waals surface area (Å²) in [5.74, 6) is -0.105. The summed E-state index contributed by atoms with van der Waals surface area (Å²) in [5.41, 5.74) is 5.66. The predicted molar refractivity (Wildman–Crippen MR) is 81.8 cm³/mol. The average molecular weight is 314 g/mol. The van der Waals surface area contributed by atoms with Gasteiger partial charge in [-0.25, -0.2) is 17.5 Å². The fourth-order valence-electron chi connectivity index (χ4n) is 3.00. The van der Waals surface area contributed by atoms with Gasteiger partial charge < -0.3 is 5.73 Å². The first kappa shape index (κ1) is 16.2. The Kier molecular flexibility index (Phi) is 5.22. The molecule has 2 rings (SSSR count). The second-order valence-corrected chi connectivity index (χ2v) is 7.50. The molecule has 1 aliphatic rings. The summed E-state index contributed by atoms with van der Waals surface area (Å²) in [5, 5.41) is 0. The number of sulfonamides is 1. The number of rotatable bonds is 5. The second kappa shape index (κ2) is 6.75. The Morgan fingerprint density at radius 1 is 1.29 bits per heavy atom. The molecule has 21 heavy (non-hydrogen) atoms. The molecule has 6 heteroatoms. The standard InChI is InChI=1S/C15H23FN2O2S/c1-2-3-11-4-7-13(8-5-11)18-21(19,20)15-9-6-12(17)10-14(15)16/h6,9-11,13,18H,2-5,7-8,17H2,1H3. The quantitative estimate of drug-likeness (QED) is 0.821. The molecule has 0 spiro atoms. The highest BCUT2D eigenvalue weighted by molar-refractivity contribution is 7.89. The zero-order valence-corrected chi connectivity index (χ0v) is 13.1. The summed E-state index contributed by atoms with van der Waals surface area (Å²) in [7, 11) is -3.82. The lowest BCUT2D eigenvalue weighted by molar-refractivity contribution is 0.297. The maximum Gasteiger partial charge on any atom is 0.243 e. The molecule has 0 radical (unpaired) electrons. The molecule has 0 amide bonds. The first-order valence-electron chi connectivity index (χ1n) is 7.49. The van der Waals surface area contributed by atoms with Crippen molar-refractivity contribution in [2.45, 2.75) is 56.4 Å². The molecule has 1 aromatic carbocycles. The van der Waals surface area contributed by atoms with Crippen molar-refractivity contribution in [3.8, 4) is 0 Å². The SMILES string of the molecule is CCCC1CCC(NS(=O)(=O)c2ccc(N)cc2F)CC1. The molecular weight excluding hydrogens is 291 g/mol. The van der Waals surface area contributed by atoms with Gasteiger partial charge in [0.1, 0.15) is 10.7 Å². The molecule has 118 valence electrons. The van der Waals surface area contributed by atoms with E-state index in [1.54, 1.807) is 0 Å². The summed E-state index contributed by atoms with van der Waals surface area (Å²) >= 11 is 0. The number of nitrogens with one attached hydrogen (secondary N) is 1. The van der Waals surface area contributed by atoms with Gasteiger partial charge in [0.05, 0.1) is 0 Å². The zero-order valence-electron chi connectivity index (χ0n) is 12.3. The minimum atomic E-state index is -3.82.